The number of aliphatic hydroxyl groups is 1. The third-order valence-electron chi connectivity index (χ3n) is 5.52. The number of morpholine rings is 1. The standard InChI is InChI=1S/C25H25F2N3O3/c1-15-12-29(14-28-15)22-9-4-18(10-21(22)27)11-23-25(32)30(13-16(2)33-23)24(17(3)31)19-5-7-20(26)8-6-19/h4-12,14,16-17,24,31H,13H2,1-3H3/t16?,17-,24+/m1/s1. The molecule has 1 amide bonds. The van der Waals surface area contributed by atoms with Crippen molar-refractivity contribution in [1.29, 1.82) is 0 Å². The van der Waals surface area contributed by atoms with Crippen molar-refractivity contribution >= 4 is 12.0 Å². The van der Waals surface area contributed by atoms with Crippen LogP contribution < -0.4 is 0 Å². The number of carbonyl (C=O) groups excluding carboxylic acids is 1. The highest BCUT2D eigenvalue weighted by Crippen LogP contribution is 2.31. The maximum Gasteiger partial charge on any atom is 0.289 e. The van der Waals surface area contributed by atoms with E-state index >= 15 is 0 Å². The van der Waals surface area contributed by atoms with Crippen molar-refractivity contribution in [1.82, 2.24) is 14.5 Å². The maximum atomic E-state index is 14.8. The van der Waals surface area contributed by atoms with Crippen molar-refractivity contribution in [2.75, 3.05) is 6.54 Å². The molecule has 1 aromatic heterocycles. The molecule has 3 atom stereocenters. The first-order valence-corrected chi connectivity index (χ1v) is 10.7. The Morgan fingerprint density at radius 2 is 1.94 bits per heavy atom. The van der Waals surface area contributed by atoms with Gasteiger partial charge in [-0.25, -0.2) is 13.8 Å². The predicted octanol–water partition coefficient (Wildman–Crippen LogP) is 4.17. The third-order valence-corrected chi connectivity index (χ3v) is 5.52. The van der Waals surface area contributed by atoms with Crippen LogP contribution >= 0.6 is 0 Å². The van der Waals surface area contributed by atoms with Crippen molar-refractivity contribution < 1.29 is 23.4 Å². The molecular weight excluding hydrogens is 428 g/mol. The van der Waals surface area contributed by atoms with E-state index in [1.54, 1.807) is 42.0 Å². The average Bonchev–Trinajstić information content (AvgIpc) is 3.18. The summed E-state index contributed by atoms with van der Waals surface area (Å²) in [6.07, 6.45) is 3.48. The first-order valence-electron chi connectivity index (χ1n) is 10.7. The number of hydrogen-bond acceptors (Lipinski definition) is 4. The van der Waals surface area contributed by atoms with Gasteiger partial charge in [0.05, 0.1) is 36.4 Å². The molecule has 1 N–H and O–H groups in total. The second-order valence-electron chi connectivity index (χ2n) is 8.26. The highest BCUT2D eigenvalue weighted by atomic mass is 19.1. The van der Waals surface area contributed by atoms with Gasteiger partial charge in [0, 0.05) is 6.20 Å². The monoisotopic (exact) mass is 453 g/mol. The smallest absolute Gasteiger partial charge is 0.289 e. The number of imidazole rings is 1. The normalized spacial score (nSPS) is 19.5. The van der Waals surface area contributed by atoms with Crippen molar-refractivity contribution in [2.45, 2.75) is 39.0 Å². The van der Waals surface area contributed by atoms with Crippen molar-refractivity contribution in [3.8, 4) is 5.69 Å². The van der Waals surface area contributed by atoms with Gasteiger partial charge in [-0.05, 0) is 62.2 Å². The maximum absolute atomic E-state index is 14.8. The number of rotatable bonds is 5. The molecule has 33 heavy (non-hydrogen) atoms. The van der Waals surface area contributed by atoms with Crippen LogP contribution in [0.25, 0.3) is 11.8 Å². The van der Waals surface area contributed by atoms with Crippen LogP contribution in [0.3, 0.4) is 0 Å². The molecule has 0 spiro atoms. The molecule has 0 saturated carbocycles. The number of halogens is 2. The Morgan fingerprint density at radius 3 is 2.55 bits per heavy atom. The molecule has 1 saturated heterocycles. The van der Waals surface area contributed by atoms with Crippen LogP contribution in [0.2, 0.25) is 0 Å². The zero-order valence-corrected chi connectivity index (χ0v) is 18.6. The first kappa shape index (κ1) is 22.7. The molecule has 1 unspecified atom stereocenters. The van der Waals surface area contributed by atoms with Gasteiger partial charge in [-0.15, -0.1) is 0 Å². The zero-order valence-electron chi connectivity index (χ0n) is 18.6. The summed E-state index contributed by atoms with van der Waals surface area (Å²) in [6, 6.07) is 9.62. The molecule has 6 nitrogen and oxygen atoms in total. The van der Waals surface area contributed by atoms with Gasteiger partial charge in [-0.2, -0.15) is 0 Å². The second kappa shape index (κ2) is 9.15. The number of amides is 1. The summed E-state index contributed by atoms with van der Waals surface area (Å²) in [5, 5.41) is 10.4. The van der Waals surface area contributed by atoms with Gasteiger partial charge in [0.25, 0.3) is 5.91 Å². The molecular formula is C25H25F2N3O3. The van der Waals surface area contributed by atoms with E-state index in [0.717, 1.165) is 5.69 Å². The molecule has 8 heteroatoms. The number of nitrogens with zero attached hydrogens (tertiary/aromatic N) is 3. The van der Waals surface area contributed by atoms with E-state index < -0.39 is 29.7 Å². The fraction of sp³-hybridized carbons (Fsp3) is 0.280. The van der Waals surface area contributed by atoms with Crippen LogP contribution in [-0.4, -0.2) is 44.2 Å². The molecule has 3 aromatic rings. The lowest BCUT2D eigenvalue weighted by molar-refractivity contribution is -0.145. The van der Waals surface area contributed by atoms with E-state index in [4.69, 9.17) is 4.74 Å². The third kappa shape index (κ3) is 4.80. The van der Waals surface area contributed by atoms with Gasteiger partial charge in [0.2, 0.25) is 0 Å². The summed E-state index contributed by atoms with van der Waals surface area (Å²) in [5.41, 5.74) is 2.18. The lowest BCUT2D eigenvalue weighted by Crippen LogP contribution is -2.48. The average molecular weight is 453 g/mol. The minimum Gasteiger partial charge on any atom is -0.483 e. The fourth-order valence-corrected chi connectivity index (χ4v) is 4.05. The Labute approximate surface area is 190 Å². The molecule has 4 rings (SSSR count). The summed E-state index contributed by atoms with van der Waals surface area (Å²) in [7, 11) is 0. The molecule has 1 aliphatic heterocycles. The van der Waals surface area contributed by atoms with Gasteiger partial charge in [-0.3, -0.25) is 4.79 Å². The van der Waals surface area contributed by atoms with Gasteiger partial charge in [-0.1, -0.05) is 18.2 Å². The van der Waals surface area contributed by atoms with Gasteiger partial charge in [0.15, 0.2) is 5.76 Å². The van der Waals surface area contributed by atoms with Crippen LogP contribution in [-0.2, 0) is 9.53 Å². The number of ether oxygens (including phenoxy) is 1. The summed E-state index contributed by atoms with van der Waals surface area (Å²) in [6.45, 7) is 5.45. The number of hydrogen-bond donors (Lipinski definition) is 1. The quantitative estimate of drug-likeness (QED) is 0.589. The number of aryl methyl sites for hydroxylation is 1. The van der Waals surface area contributed by atoms with Crippen LogP contribution in [0.15, 0.2) is 60.7 Å². The lowest BCUT2D eigenvalue weighted by Gasteiger charge is -2.39. The van der Waals surface area contributed by atoms with E-state index in [1.807, 2.05) is 13.8 Å². The topological polar surface area (TPSA) is 67.6 Å². The molecule has 2 aromatic carbocycles. The molecule has 172 valence electrons. The van der Waals surface area contributed by atoms with Gasteiger partial charge < -0.3 is 19.3 Å². The highest BCUT2D eigenvalue weighted by molar-refractivity contribution is 5.96. The van der Waals surface area contributed by atoms with Crippen LogP contribution in [0.5, 0.6) is 0 Å². The van der Waals surface area contributed by atoms with Crippen molar-refractivity contribution in [3.05, 3.63) is 89.2 Å². The van der Waals surface area contributed by atoms with E-state index in [0.29, 0.717) is 16.8 Å². The number of benzene rings is 2. The predicted molar refractivity (Wildman–Crippen MR) is 119 cm³/mol. The molecule has 0 aliphatic carbocycles. The summed E-state index contributed by atoms with van der Waals surface area (Å²) in [5.74, 6) is -1.25. The molecule has 1 fully saturated rings. The Hall–Kier alpha value is -3.52. The van der Waals surface area contributed by atoms with Crippen LogP contribution in [0.1, 0.15) is 36.7 Å². The molecule has 0 bridgehead atoms. The van der Waals surface area contributed by atoms with E-state index in [-0.39, 0.29) is 18.4 Å². The van der Waals surface area contributed by atoms with Crippen molar-refractivity contribution in [2.24, 2.45) is 0 Å². The first-order chi connectivity index (χ1) is 15.7. The van der Waals surface area contributed by atoms with E-state index in [2.05, 4.69) is 4.98 Å². The Balaban J connectivity index is 1.64. The summed E-state index contributed by atoms with van der Waals surface area (Å²) >= 11 is 0. The zero-order chi connectivity index (χ0) is 23.7. The van der Waals surface area contributed by atoms with Crippen LogP contribution in [0, 0.1) is 18.6 Å². The lowest BCUT2D eigenvalue weighted by atomic mass is 9.98. The Morgan fingerprint density at radius 1 is 1.21 bits per heavy atom. The Kier molecular flexibility index (Phi) is 6.29. The number of aromatic nitrogens is 2. The van der Waals surface area contributed by atoms with Gasteiger partial charge >= 0.3 is 0 Å². The molecule has 1 aliphatic rings. The minimum absolute atomic E-state index is 0.0483. The van der Waals surface area contributed by atoms with E-state index in [1.165, 1.54) is 35.5 Å². The summed E-state index contributed by atoms with van der Waals surface area (Å²) < 4.78 is 35.5. The SMILES string of the molecule is Cc1cn(-c2ccc(C=C3OC(C)CN([C@H](c4ccc(F)cc4)[C@@H](C)O)C3=O)cc2F)cn1. The summed E-state index contributed by atoms with van der Waals surface area (Å²) in [4.78, 5) is 18.9. The van der Waals surface area contributed by atoms with E-state index in [9.17, 15) is 18.7 Å². The fourth-order valence-electron chi connectivity index (χ4n) is 4.05. The largest absolute Gasteiger partial charge is 0.483 e. The molecule has 0 radical (unpaired) electrons. The minimum atomic E-state index is -0.902. The number of aliphatic hydroxyl groups excluding tert-OH is 1. The van der Waals surface area contributed by atoms with Gasteiger partial charge in [0.1, 0.15) is 17.7 Å². The Bertz CT molecular complexity index is 1190. The highest BCUT2D eigenvalue weighted by Gasteiger charge is 2.36. The van der Waals surface area contributed by atoms with Crippen LogP contribution in [0.4, 0.5) is 8.78 Å². The second-order valence-corrected chi connectivity index (χ2v) is 8.26. The van der Waals surface area contributed by atoms with Crippen molar-refractivity contribution in [3.63, 3.8) is 0 Å². The molecule has 2 heterocycles. The number of carbonyl (C=O) groups is 1.